The molecule has 1 aliphatic heterocycles. The van der Waals surface area contributed by atoms with Gasteiger partial charge < -0.3 is 24.5 Å². The highest BCUT2D eigenvalue weighted by Crippen LogP contribution is 2.29. The van der Waals surface area contributed by atoms with Crippen LogP contribution in [0.3, 0.4) is 0 Å². The number of aromatic nitrogens is 1. The van der Waals surface area contributed by atoms with E-state index in [1.165, 1.54) is 18.3 Å². The highest BCUT2D eigenvalue weighted by Gasteiger charge is 2.25. The summed E-state index contributed by atoms with van der Waals surface area (Å²) in [6.45, 7) is 3.93. The minimum absolute atomic E-state index is 0.00469. The van der Waals surface area contributed by atoms with Gasteiger partial charge >= 0.3 is 12.1 Å². The molecule has 0 atom stereocenters. The number of rotatable bonds is 10. The lowest BCUT2D eigenvalue weighted by Gasteiger charge is -2.37. The SMILES string of the molecule is CN(C)CCN1CCC(N(C)C(=O)Nc2cc(Oc3ccc(N(Cc4ccccc4)C(=O)O)c(F)c3)ccn2)CC1. The summed E-state index contributed by atoms with van der Waals surface area (Å²) in [6, 6.07) is 16.0. The third-order valence-electron chi connectivity index (χ3n) is 7.12. The zero-order valence-corrected chi connectivity index (χ0v) is 23.7. The van der Waals surface area contributed by atoms with Crippen molar-refractivity contribution in [1.29, 1.82) is 0 Å². The van der Waals surface area contributed by atoms with E-state index in [2.05, 4.69) is 34.2 Å². The van der Waals surface area contributed by atoms with Crippen LogP contribution in [-0.2, 0) is 6.54 Å². The Kier molecular flexibility index (Phi) is 10.1. The van der Waals surface area contributed by atoms with Crippen LogP contribution in [0.5, 0.6) is 11.5 Å². The Balaban J connectivity index is 1.35. The van der Waals surface area contributed by atoms with Gasteiger partial charge in [0.25, 0.3) is 0 Å². The van der Waals surface area contributed by atoms with Crippen LogP contribution in [0.15, 0.2) is 66.9 Å². The van der Waals surface area contributed by atoms with Gasteiger partial charge in [-0.05, 0) is 50.7 Å². The zero-order valence-electron chi connectivity index (χ0n) is 23.7. The van der Waals surface area contributed by atoms with Crippen LogP contribution in [0.2, 0.25) is 0 Å². The Bertz CT molecular complexity index is 1320. The fraction of sp³-hybridized carbons (Fsp3) is 0.367. The summed E-state index contributed by atoms with van der Waals surface area (Å²) in [5, 5.41) is 12.5. The summed E-state index contributed by atoms with van der Waals surface area (Å²) in [7, 11) is 5.92. The number of amides is 3. The van der Waals surface area contributed by atoms with E-state index in [-0.39, 0.29) is 30.1 Å². The van der Waals surface area contributed by atoms with Crippen LogP contribution in [0.1, 0.15) is 18.4 Å². The smallest absolute Gasteiger partial charge is 0.412 e. The number of anilines is 2. The molecule has 11 heteroatoms. The van der Waals surface area contributed by atoms with E-state index in [0.29, 0.717) is 11.6 Å². The van der Waals surface area contributed by atoms with Crippen LogP contribution in [0.25, 0.3) is 0 Å². The molecule has 218 valence electrons. The van der Waals surface area contributed by atoms with Crippen LogP contribution in [0, 0.1) is 5.82 Å². The summed E-state index contributed by atoms with van der Waals surface area (Å²) in [5.41, 5.74) is 0.653. The first-order valence-electron chi connectivity index (χ1n) is 13.6. The molecule has 2 aromatic carbocycles. The zero-order chi connectivity index (χ0) is 29.4. The Labute approximate surface area is 239 Å². The molecule has 3 amide bonds. The number of benzene rings is 2. The van der Waals surface area contributed by atoms with Gasteiger partial charge in [-0.2, -0.15) is 0 Å². The van der Waals surface area contributed by atoms with Gasteiger partial charge in [0.2, 0.25) is 0 Å². The van der Waals surface area contributed by atoms with Crippen molar-refractivity contribution in [2.75, 3.05) is 57.5 Å². The van der Waals surface area contributed by atoms with Crippen molar-refractivity contribution in [2.24, 2.45) is 0 Å². The number of urea groups is 1. The van der Waals surface area contributed by atoms with Gasteiger partial charge in [-0.15, -0.1) is 0 Å². The summed E-state index contributed by atoms with van der Waals surface area (Å²) < 4.78 is 20.8. The largest absolute Gasteiger partial charge is 0.465 e. The van der Waals surface area contributed by atoms with Crippen LogP contribution < -0.4 is 15.0 Å². The highest BCUT2D eigenvalue weighted by atomic mass is 19.1. The second kappa shape index (κ2) is 13.9. The molecule has 1 aromatic heterocycles. The van der Waals surface area contributed by atoms with Gasteiger partial charge in [-0.1, -0.05) is 30.3 Å². The molecule has 0 spiro atoms. The number of hydrogen-bond acceptors (Lipinski definition) is 6. The topological polar surface area (TPSA) is 101 Å². The molecule has 2 heterocycles. The first-order chi connectivity index (χ1) is 19.7. The number of piperidine rings is 1. The molecule has 0 aliphatic carbocycles. The van der Waals surface area contributed by atoms with E-state index in [1.54, 1.807) is 48.3 Å². The van der Waals surface area contributed by atoms with E-state index >= 15 is 4.39 Å². The van der Waals surface area contributed by atoms with Crippen molar-refractivity contribution in [3.63, 3.8) is 0 Å². The molecule has 1 fully saturated rings. The minimum Gasteiger partial charge on any atom is -0.465 e. The summed E-state index contributed by atoms with van der Waals surface area (Å²) >= 11 is 0. The number of hydrogen-bond donors (Lipinski definition) is 2. The van der Waals surface area contributed by atoms with Crippen molar-refractivity contribution in [1.82, 2.24) is 19.7 Å². The Morgan fingerprint density at radius 2 is 1.76 bits per heavy atom. The normalized spacial score (nSPS) is 14.1. The predicted octanol–water partition coefficient (Wildman–Crippen LogP) is 5.19. The van der Waals surface area contributed by atoms with Gasteiger partial charge in [-0.25, -0.2) is 19.0 Å². The standard InChI is InChI=1S/C30H37FN6O4/c1-34(2)17-18-36-15-12-23(13-16-36)35(3)29(38)33-28-20-25(11-14-32-28)41-24-9-10-27(26(31)19-24)37(30(39)40)21-22-7-5-4-6-8-22/h4-11,14,19-20,23H,12-13,15-18,21H2,1-3H3,(H,39,40)(H,32,33,38). The van der Waals surface area contributed by atoms with Crippen LogP contribution >= 0.6 is 0 Å². The molecular weight excluding hydrogens is 527 g/mol. The summed E-state index contributed by atoms with van der Waals surface area (Å²) in [5.74, 6) is 0.0918. The molecule has 1 saturated heterocycles. The molecular formula is C30H37FN6O4. The molecule has 41 heavy (non-hydrogen) atoms. The van der Waals surface area contributed by atoms with E-state index < -0.39 is 11.9 Å². The molecule has 2 N–H and O–H groups in total. The van der Waals surface area contributed by atoms with Crippen molar-refractivity contribution >= 4 is 23.6 Å². The number of nitrogens with zero attached hydrogens (tertiary/aromatic N) is 5. The first kappa shape index (κ1) is 29.8. The summed E-state index contributed by atoms with van der Waals surface area (Å²) in [6.07, 6.45) is 2.03. The number of carbonyl (C=O) groups is 2. The van der Waals surface area contributed by atoms with E-state index in [9.17, 15) is 14.7 Å². The number of nitrogens with one attached hydrogen (secondary N) is 1. The molecule has 10 nitrogen and oxygen atoms in total. The van der Waals surface area contributed by atoms with E-state index in [1.807, 2.05) is 6.07 Å². The van der Waals surface area contributed by atoms with Crippen LogP contribution in [0.4, 0.5) is 25.5 Å². The molecule has 3 aromatic rings. The van der Waals surface area contributed by atoms with Crippen molar-refractivity contribution in [3.8, 4) is 11.5 Å². The third-order valence-corrected chi connectivity index (χ3v) is 7.12. The van der Waals surface area contributed by atoms with Gasteiger partial charge in [0.05, 0.1) is 12.2 Å². The fourth-order valence-electron chi connectivity index (χ4n) is 4.71. The predicted molar refractivity (Wildman–Crippen MR) is 156 cm³/mol. The Morgan fingerprint density at radius 1 is 1.05 bits per heavy atom. The van der Waals surface area contributed by atoms with Crippen molar-refractivity contribution in [2.45, 2.75) is 25.4 Å². The molecule has 0 bridgehead atoms. The Morgan fingerprint density at radius 3 is 2.41 bits per heavy atom. The van der Waals surface area contributed by atoms with E-state index in [0.717, 1.165) is 55.6 Å². The number of ether oxygens (including phenoxy) is 1. The monoisotopic (exact) mass is 564 g/mol. The quantitative estimate of drug-likeness (QED) is 0.350. The average molecular weight is 565 g/mol. The van der Waals surface area contributed by atoms with Gasteiger partial charge in [0.1, 0.15) is 17.3 Å². The molecule has 0 saturated carbocycles. The van der Waals surface area contributed by atoms with Crippen LogP contribution in [-0.4, -0.2) is 90.3 Å². The second-order valence-corrected chi connectivity index (χ2v) is 10.4. The second-order valence-electron chi connectivity index (χ2n) is 10.4. The fourth-order valence-corrected chi connectivity index (χ4v) is 4.71. The number of likely N-dealkylation sites (N-methyl/N-ethyl adjacent to an activating group) is 1. The molecule has 0 unspecified atom stereocenters. The lowest BCUT2D eigenvalue weighted by atomic mass is 10.0. The third kappa shape index (κ3) is 8.38. The van der Waals surface area contributed by atoms with E-state index in [4.69, 9.17) is 4.74 Å². The maximum Gasteiger partial charge on any atom is 0.412 e. The number of carbonyl (C=O) groups excluding carboxylic acids is 1. The lowest BCUT2D eigenvalue weighted by Crippen LogP contribution is -2.48. The minimum atomic E-state index is -1.27. The number of carboxylic acid groups (broad SMARTS) is 1. The summed E-state index contributed by atoms with van der Waals surface area (Å²) in [4.78, 5) is 36.2. The van der Waals surface area contributed by atoms with Gasteiger partial charge in [0, 0.05) is 57.6 Å². The molecule has 4 rings (SSSR count). The lowest BCUT2D eigenvalue weighted by molar-refractivity contribution is 0.135. The number of pyridine rings is 1. The molecule has 1 aliphatic rings. The number of halogens is 1. The number of likely N-dealkylation sites (tertiary alicyclic amines) is 1. The van der Waals surface area contributed by atoms with Crippen molar-refractivity contribution in [3.05, 3.63) is 78.2 Å². The maximum atomic E-state index is 15.0. The van der Waals surface area contributed by atoms with Crippen molar-refractivity contribution < 1.29 is 23.8 Å². The maximum absolute atomic E-state index is 15.0. The highest BCUT2D eigenvalue weighted by molar-refractivity contribution is 5.88. The van der Waals surface area contributed by atoms with Gasteiger partial charge in [-0.3, -0.25) is 10.2 Å². The average Bonchev–Trinajstić information content (AvgIpc) is 2.96. The Hall–Kier alpha value is -4.22. The van der Waals surface area contributed by atoms with Gasteiger partial charge in [0.15, 0.2) is 5.82 Å². The molecule has 0 radical (unpaired) electrons. The first-order valence-corrected chi connectivity index (χ1v) is 13.6.